The third-order valence-electron chi connectivity index (χ3n) is 3.89. The van der Waals surface area contributed by atoms with Crippen molar-refractivity contribution in [2.75, 3.05) is 33.4 Å². The highest BCUT2D eigenvalue weighted by molar-refractivity contribution is 5.78. The molecule has 1 aliphatic carbocycles. The zero-order chi connectivity index (χ0) is 14.3. The number of aliphatic carboxylic acids is 1. The normalized spacial score (nSPS) is 18.5. The molecule has 0 aromatic carbocycles. The largest absolute Gasteiger partial charge is 0.480 e. The van der Waals surface area contributed by atoms with E-state index in [0.29, 0.717) is 12.8 Å². The van der Waals surface area contributed by atoms with Crippen LogP contribution in [-0.4, -0.2) is 54.9 Å². The monoisotopic (exact) mass is 272 g/mol. The summed E-state index contributed by atoms with van der Waals surface area (Å²) in [4.78, 5) is 13.2. The summed E-state index contributed by atoms with van der Waals surface area (Å²) in [6, 6.07) is 0. The Balaban J connectivity index is 2.04. The van der Waals surface area contributed by atoms with E-state index < -0.39 is 11.5 Å². The van der Waals surface area contributed by atoms with Crippen LogP contribution in [0, 0.1) is 5.92 Å². The van der Waals surface area contributed by atoms with E-state index in [1.54, 1.807) is 0 Å². The molecule has 112 valence electrons. The maximum absolute atomic E-state index is 11.1. The number of carboxylic acid groups (broad SMARTS) is 1. The molecule has 19 heavy (non-hydrogen) atoms. The Labute approximate surface area is 116 Å². The van der Waals surface area contributed by atoms with Crippen molar-refractivity contribution in [3.05, 3.63) is 0 Å². The summed E-state index contributed by atoms with van der Waals surface area (Å²) < 4.78 is 5.57. The fourth-order valence-corrected chi connectivity index (χ4v) is 1.97. The van der Waals surface area contributed by atoms with Crippen LogP contribution >= 0.6 is 0 Å². The molecule has 1 aliphatic rings. The summed E-state index contributed by atoms with van der Waals surface area (Å²) in [6.07, 6.45) is 4.43. The maximum atomic E-state index is 11.1. The number of rotatable bonds is 11. The van der Waals surface area contributed by atoms with E-state index in [-0.39, 0.29) is 0 Å². The molecule has 0 aliphatic heterocycles. The van der Waals surface area contributed by atoms with Gasteiger partial charge in [-0.15, -0.1) is 0 Å². The highest BCUT2D eigenvalue weighted by Crippen LogP contribution is 2.28. The Bertz CT molecular complexity index is 282. The molecule has 1 saturated carbocycles. The highest BCUT2D eigenvalue weighted by Gasteiger charge is 2.31. The van der Waals surface area contributed by atoms with Gasteiger partial charge in [-0.3, -0.25) is 4.79 Å². The number of ether oxygens (including phenoxy) is 1. The topological polar surface area (TPSA) is 75.8 Å². The molecule has 3 N–H and O–H groups in total. The van der Waals surface area contributed by atoms with Crippen molar-refractivity contribution >= 4 is 5.97 Å². The van der Waals surface area contributed by atoms with Crippen LogP contribution in [0.1, 0.15) is 39.0 Å². The fraction of sp³-hybridized carbons (Fsp3) is 0.929. The van der Waals surface area contributed by atoms with E-state index >= 15 is 0 Å². The summed E-state index contributed by atoms with van der Waals surface area (Å²) in [5.41, 5.74) is 4.78. The molecule has 1 fully saturated rings. The first kappa shape index (κ1) is 16.4. The molecule has 1 unspecified atom stereocenters. The summed E-state index contributed by atoms with van der Waals surface area (Å²) in [5.74, 6) is -0.0892. The summed E-state index contributed by atoms with van der Waals surface area (Å²) in [6.45, 7) is 5.23. The van der Waals surface area contributed by atoms with Gasteiger partial charge < -0.3 is 20.5 Å². The molecule has 0 spiro atoms. The van der Waals surface area contributed by atoms with Gasteiger partial charge in [0.1, 0.15) is 5.54 Å². The molecule has 0 amide bonds. The molecule has 1 atom stereocenters. The van der Waals surface area contributed by atoms with E-state index in [4.69, 9.17) is 15.6 Å². The number of likely N-dealkylation sites (N-methyl/N-ethyl adjacent to an activating group) is 1. The van der Waals surface area contributed by atoms with E-state index in [2.05, 4.69) is 4.90 Å². The predicted octanol–water partition coefficient (Wildman–Crippen LogP) is 1.32. The molecule has 0 saturated heterocycles. The van der Waals surface area contributed by atoms with Crippen LogP contribution in [0.2, 0.25) is 0 Å². The average Bonchev–Trinajstić information content (AvgIpc) is 3.18. The van der Waals surface area contributed by atoms with Crippen LogP contribution in [0.3, 0.4) is 0 Å². The van der Waals surface area contributed by atoms with Crippen LogP contribution < -0.4 is 5.73 Å². The molecule has 5 nitrogen and oxygen atoms in total. The first-order chi connectivity index (χ1) is 8.98. The molecule has 5 heteroatoms. The number of carbonyl (C=O) groups is 1. The standard InChI is InChI=1S/C14H28N2O3/c1-3-14(15,13(17)18)7-4-8-16(2)9-10-19-11-12-5-6-12/h12H,3-11,15H2,1-2H3,(H,17,18). The maximum Gasteiger partial charge on any atom is 0.323 e. The second-order valence-electron chi connectivity index (χ2n) is 5.74. The zero-order valence-corrected chi connectivity index (χ0v) is 12.2. The average molecular weight is 272 g/mol. The molecular formula is C14H28N2O3. The number of nitrogens with zero attached hydrogens (tertiary/aromatic N) is 1. The predicted molar refractivity (Wildman–Crippen MR) is 75.1 cm³/mol. The van der Waals surface area contributed by atoms with Crippen molar-refractivity contribution in [1.29, 1.82) is 0 Å². The van der Waals surface area contributed by atoms with Gasteiger partial charge in [-0.2, -0.15) is 0 Å². The summed E-state index contributed by atoms with van der Waals surface area (Å²) in [5, 5.41) is 9.07. The summed E-state index contributed by atoms with van der Waals surface area (Å²) in [7, 11) is 2.03. The first-order valence-corrected chi connectivity index (χ1v) is 7.26. The molecular weight excluding hydrogens is 244 g/mol. The quantitative estimate of drug-likeness (QED) is 0.555. The van der Waals surface area contributed by atoms with E-state index in [9.17, 15) is 4.79 Å². The van der Waals surface area contributed by atoms with Crippen molar-refractivity contribution in [2.24, 2.45) is 11.7 Å². The van der Waals surface area contributed by atoms with E-state index in [1.165, 1.54) is 12.8 Å². The van der Waals surface area contributed by atoms with Crippen molar-refractivity contribution in [3.63, 3.8) is 0 Å². The molecule has 1 rings (SSSR count). The van der Waals surface area contributed by atoms with Crippen molar-refractivity contribution in [1.82, 2.24) is 4.90 Å². The van der Waals surface area contributed by atoms with E-state index in [0.717, 1.165) is 38.6 Å². The molecule has 0 aromatic heterocycles. The minimum Gasteiger partial charge on any atom is -0.480 e. The molecule has 0 heterocycles. The Kier molecular flexibility index (Phi) is 6.75. The lowest BCUT2D eigenvalue weighted by Crippen LogP contribution is -2.47. The van der Waals surface area contributed by atoms with Crippen LogP contribution in [0.5, 0.6) is 0 Å². The van der Waals surface area contributed by atoms with Gasteiger partial charge in [-0.1, -0.05) is 6.92 Å². The third kappa shape index (κ3) is 6.36. The first-order valence-electron chi connectivity index (χ1n) is 7.26. The van der Waals surface area contributed by atoms with Gasteiger partial charge in [0, 0.05) is 13.2 Å². The van der Waals surface area contributed by atoms with Crippen LogP contribution in [0.25, 0.3) is 0 Å². The summed E-state index contributed by atoms with van der Waals surface area (Å²) >= 11 is 0. The van der Waals surface area contributed by atoms with Gasteiger partial charge in [0.2, 0.25) is 0 Å². The van der Waals surface area contributed by atoms with E-state index in [1.807, 2.05) is 14.0 Å². The number of hydrogen-bond donors (Lipinski definition) is 2. The van der Waals surface area contributed by atoms with Gasteiger partial charge in [0.25, 0.3) is 0 Å². The zero-order valence-electron chi connectivity index (χ0n) is 12.2. The van der Waals surface area contributed by atoms with Crippen LogP contribution in [-0.2, 0) is 9.53 Å². The lowest BCUT2D eigenvalue weighted by Gasteiger charge is -2.24. The van der Waals surface area contributed by atoms with Crippen LogP contribution in [0.4, 0.5) is 0 Å². The minimum atomic E-state index is -1.07. The second-order valence-corrected chi connectivity index (χ2v) is 5.74. The number of hydrogen-bond acceptors (Lipinski definition) is 4. The van der Waals surface area contributed by atoms with Gasteiger partial charge in [-0.05, 0) is 51.6 Å². The molecule has 0 bridgehead atoms. The van der Waals surface area contributed by atoms with Gasteiger partial charge >= 0.3 is 5.97 Å². The Hall–Kier alpha value is -0.650. The SMILES string of the molecule is CCC(N)(CCCN(C)CCOCC1CC1)C(=O)O. The number of carboxylic acids is 1. The molecule has 0 radical (unpaired) electrons. The Morgan fingerprint density at radius 3 is 2.68 bits per heavy atom. The lowest BCUT2D eigenvalue weighted by molar-refractivity contribution is -0.143. The van der Waals surface area contributed by atoms with Gasteiger partial charge in [-0.25, -0.2) is 0 Å². The van der Waals surface area contributed by atoms with Gasteiger partial charge in [0.05, 0.1) is 6.61 Å². The smallest absolute Gasteiger partial charge is 0.323 e. The van der Waals surface area contributed by atoms with Crippen molar-refractivity contribution < 1.29 is 14.6 Å². The Morgan fingerprint density at radius 1 is 1.47 bits per heavy atom. The molecule has 0 aromatic rings. The Morgan fingerprint density at radius 2 is 2.16 bits per heavy atom. The van der Waals surface area contributed by atoms with Crippen molar-refractivity contribution in [2.45, 2.75) is 44.6 Å². The van der Waals surface area contributed by atoms with Crippen LogP contribution in [0.15, 0.2) is 0 Å². The van der Waals surface area contributed by atoms with Crippen molar-refractivity contribution in [3.8, 4) is 0 Å². The number of nitrogens with two attached hydrogens (primary N) is 1. The minimum absolute atomic E-state index is 0.469. The second kappa shape index (κ2) is 7.82. The lowest BCUT2D eigenvalue weighted by atomic mass is 9.92. The fourth-order valence-electron chi connectivity index (χ4n) is 1.97. The third-order valence-corrected chi connectivity index (χ3v) is 3.89. The highest BCUT2D eigenvalue weighted by atomic mass is 16.5. The van der Waals surface area contributed by atoms with Gasteiger partial charge in [0.15, 0.2) is 0 Å².